The van der Waals surface area contributed by atoms with Crippen molar-refractivity contribution in [1.29, 1.82) is 0 Å². The lowest BCUT2D eigenvalue weighted by atomic mass is 10.0. The van der Waals surface area contributed by atoms with Gasteiger partial charge in [0, 0.05) is 5.56 Å². The predicted octanol–water partition coefficient (Wildman–Crippen LogP) is 2.74. The summed E-state index contributed by atoms with van der Waals surface area (Å²) < 4.78 is 31.0. The van der Waals surface area contributed by atoms with Crippen LogP contribution >= 0.6 is 22.6 Å². The monoisotopic (exact) mass is 325 g/mol. The van der Waals surface area contributed by atoms with Crippen molar-refractivity contribution in [2.24, 2.45) is 5.73 Å². The summed E-state index contributed by atoms with van der Waals surface area (Å²) in [5.41, 5.74) is 6.43. The average molecular weight is 325 g/mol. The molecule has 0 aliphatic carbocycles. The highest BCUT2D eigenvalue weighted by Gasteiger charge is 2.43. The molecule has 2 rings (SSSR count). The van der Waals surface area contributed by atoms with Gasteiger partial charge in [-0.1, -0.05) is 34.7 Å². The fraction of sp³-hybridized carbons (Fsp3) is 0.400. The van der Waals surface area contributed by atoms with Gasteiger partial charge in [-0.25, -0.2) is 0 Å². The molecule has 1 unspecified atom stereocenters. The Balaban J connectivity index is 2.60. The van der Waals surface area contributed by atoms with Crippen molar-refractivity contribution in [1.82, 2.24) is 0 Å². The van der Waals surface area contributed by atoms with Gasteiger partial charge < -0.3 is 10.5 Å². The summed E-state index contributed by atoms with van der Waals surface area (Å²) in [5, 5.41) is 0. The number of halogens is 3. The first-order chi connectivity index (χ1) is 6.82. The molecule has 0 amide bonds. The van der Waals surface area contributed by atoms with Crippen LogP contribution in [0.4, 0.5) is 8.78 Å². The second-order valence-corrected chi connectivity index (χ2v) is 5.99. The maximum atomic E-state index is 13.3. The SMILES string of the molecule is CC(N)(I)c1cccc2c1OCC2(F)F. The molecule has 0 bridgehead atoms. The van der Waals surface area contributed by atoms with Gasteiger partial charge in [-0.2, -0.15) is 8.78 Å². The topological polar surface area (TPSA) is 35.2 Å². The van der Waals surface area contributed by atoms with Crippen LogP contribution in [0.1, 0.15) is 18.1 Å². The molecule has 1 aliphatic rings. The smallest absolute Gasteiger partial charge is 0.310 e. The molecule has 5 heteroatoms. The Hall–Kier alpha value is -0.430. The first-order valence-electron chi connectivity index (χ1n) is 4.45. The number of hydrogen-bond donors (Lipinski definition) is 1. The molecule has 15 heavy (non-hydrogen) atoms. The molecular weight excluding hydrogens is 315 g/mol. The molecule has 0 saturated heterocycles. The zero-order chi connectivity index (χ0) is 11.3. The van der Waals surface area contributed by atoms with Gasteiger partial charge in [0.2, 0.25) is 0 Å². The van der Waals surface area contributed by atoms with Crippen molar-refractivity contribution < 1.29 is 13.5 Å². The Bertz CT molecular complexity index is 401. The van der Waals surface area contributed by atoms with Gasteiger partial charge in [0.15, 0.2) is 6.61 Å². The molecule has 0 radical (unpaired) electrons. The summed E-state index contributed by atoms with van der Waals surface area (Å²) in [6.45, 7) is 1.16. The number of benzene rings is 1. The average Bonchev–Trinajstić information content (AvgIpc) is 2.41. The molecule has 0 spiro atoms. The molecular formula is C10H10F2INO. The zero-order valence-corrected chi connectivity index (χ0v) is 10.2. The van der Waals surface area contributed by atoms with E-state index in [-0.39, 0.29) is 11.3 Å². The third-order valence-electron chi connectivity index (χ3n) is 2.33. The van der Waals surface area contributed by atoms with Crippen LogP contribution < -0.4 is 10.5 Å². The van der Waals surface area contributed by atoms with Crippen molar-refractivity contribution in [2.75, 3.05) is 6.61 Å². The van der Waals surface area contributed by atoms with E-state index in [1.165, 1.54) is 6.07 Å². The van der Waals surface area contributed by atoms with E-state index in [4.69, 9.17) is 10.5 Å². The molecule has 82 valence electrons. The molecule has 0 saturated carbocycles. The second kappa shape index (κ2) is 3.28. The summed E-state index contributed by atoms with van der Waals surface area (Å²) >= 11 is 2.00. The fourth-order valence-corrected chi connectivity index (χ4v) is 2.03. The van der Waals surface area contributed by atoms with Crippen LogP contribution in [-0.2, 0) is 9.47 Å². The third kappa shape index (κ3) is 1.82. The van der Waals surface area contributed by atoms with Gasteiger partial charge in [0.05, 0.1) is 9.11 Å². The quantitative estimate of drug-likeness (QED) is 0.490. The number of fused-ring (bicyclic) bond motifs is 1. The van der Waals surface area contributed by atoms with Gasteiger partial charge in [0.25, 0.3) is 0 Å². The first-order valence-corrected chi connectivity index (χ1v) is 5.52. The van der Waals surface area contributed by atoms with E-state index in [0.717, 1.165) is 0 Å². The Morgan fingerprint density at radius 1 is 1.53 bits per heavy atom. The number of ether oxygens (including phenoxy) is 1. The van der Waals surface area contributed by atoms with E-state index in [2.05, 4.69) is 0 Å². The van der Waals surface area contributed by atoms with Crippen molar-refractivity contribution in [2.45, 2.75) is 16.4 Å². The maximum Gasteiger partial charge on any atom is 0.310 e. The number of rotatable bonds is 1. The fourth-order valence-electron chi connectivity index (χ4n) is 1.61. The second-order valence-electron chi connectivity index (χ2n) is 3.75. The van der Waals surface area contributed by atoms with Crippen LogP contribution in [-0.4, -0.2) is 6.61 Å². The summed E-state index contributed by atoms with van der Waals surface area (Å²) in [7, 11) is 0. The number of para-hydroxylation sites is 1. The summed E-state index contributed by atoms with van der Waals surface area (Å²) in [5.74, 6) is -2.66. The van der Waals surface area contributed by atoms with Crippen LogP contribution in [0.3, 0.4) is 0 Å². The van der Waals surface area contributed by atoms with Gasteiger partial charge in [-0.3, -0.25) is 0 Å². The van der Waals surface area contributed by atoms with Crippen molar-refractivity contribution in [3.8, 4) is 5.75 Å². The van der Waals surface area contributed by atoms with E-state index in [0.29, 0.717) is 5.56 Å². The largest absolute Gasteiger partial charge is 0.486 e. The molecule has 1 aliphatic heterocycles. The molecule has 1 atom stereocenters. The standard InChI is InChI=1S/C10H10F2INO/c1-9(13,14)6-3-2-4-7-8(6)15-5-10(7,11)12/h2-4H,5,14H2,1H3. The van der Waals surface area contributed by atoms with E-state index < -0.39 is 16.1 Å². The number of hydrogen-bond acceptors (Lipinski definition) is 2. The van der Waals surface area contributed by atoms with Crippen molar-refractivity contribution >= 4 is 22.6 Å². The van der Waals surface area contributed by atoms with Crippen LogP contribution in [0.2, 0.25) is 0 Å². The minimum atomic E-state index is -2.90. The van der Waals surface area contributed by atoms with E-state index in [1.807, 2.05) is 22.6 Å². The Kier molecular flexibility index (Phi) is 2.42. The highest BCUT2D eigenvalue weighted by molar-refractivity contribution is 14.1. The highest BCUT2D eigenvalue weighted by Crippen LogP contribution is 2.46. The van der Waals surface area contributed by atoms with Gasteiger partial charge in [-0.15, -0.1) is 0 Å². The summed E-state index contributed by atoms with van der Waals surface area (Å²) in [4.78, 5) is 0. The Labute approximate surface area is 99.9 Å². The molecule has 0 aromatic heterocycles. The lowest BCUT2D eigenvalue weighted by molar-refractivity contribution is -0.0214. The highest BCUT2D eigenvalue weighted by atomic mass is 127. The minimum Gasteiger partial charge on any atom is -0.486 e. The predicted molar refractivity (Wildman–Crippen MR) is 61.4 cm³/mol. The van der Waals surface area contributed by atoms with E-state index in [1.54, 1.807) is 19.1 Å². The Morgan fingerprint density at radius 3 is 2.80 bits per heavy atom. The molecule has 2 nitrogen and oxygen atoms in total. The number of alkyl halides is 3. The van der Waals surface area contributed by atoms with Crippen molar-refractivity contribution in [3.05, 3.63) is 29.3 Å². The number of nitrogens with two attached hydrogens (primary N) is 1. The normalized spacial score (nSPS) is 21.7. The zero-order valence-electron chi connectivity index (χ0n) is 8.06. The van der Waals surface area contributed by atoms with Crippen molar-refractivity contribution in [3.63, 3.8) is 0 Å². The molecule has 1 aromatic rings. The molecule has 0 fully saturated rings. The van der Waals surface area contributed by atoms with Gasteiger partial charge in [0.1, 0.15) is 5.75 Å². The lowest BCUT2D eigenvalue weighted by Gasteiger charge is -2.19. The first kappa shape index (κ1) is 11.1. The van der Waals surface area contributed by atoms with E-state index >= 15 is 0 Å². The lowest BCUT2D eigenvalue weighted by Crippen LogP contribution is -2.25. The van der Waals surface area contributed by atoms with E-state index in [9.17, 15) is 8.78 Å². The van der Waals surface area contributed by atoms with Crippen LogP contribution in [0.5, 0.6) is 5.75 Å². The van der Waals surface area contributed by atoms with Crippen LogP contribution in [0.25, 0.3) is 0 Å². The summed E-state index contributed by atoms with van der Waals surface area (Å²) in [6, 6.07) is 4.68. The van der Waals surface area contributed by atoms with Gasteiger partial charge in [-0.05, 0) is 13.0 Å². The molecule has 2 N–H and O–H groups in total. The summed E-state index contributed by atoms with van der Waals surface area (Å²) in [6.07, 6.45) is 0. The minimum absolute atomic E-state index is 0.0617. The van der Waals surface area contributed by atoms with Crippen LogP contribution in [0, 0.1) is 0 Å². The maximum absolute atomic E-state index is 13.3. The van der Waals surface area contributed by atoms with Crippen LogP contribution in [0.15, 0.2) is 18.2 Å². The molecule has 1 heterocycles. The van der Waals surface area contributed by atoms with Gasteiger partial charge >= 0.3 is 5.92 Å². The molecule has 1 aromatic carbocycles. The third-order valence-corrected chi connectivity index (χ3v) is 2.91. The Morgan fingerprint density at radius 2 is 2.20 bits per heavy atom.